The van der Waals surface area contributed by atoms with Crippen molar-refractivity contribution in [2.24, 2.45) is 0 Å². The molecule has 1 amide bonds. The van der Waals surface area contributed by atoms with E-state index in [2.05, 4.69) is 32.2 Å². The highest BCUT2D eigenvalue weighted by Crippen LogP contribution is 2.36. The van der Waals surface area contributed by atoms with E-state index < -0.39 is 0 Å². The van der Waals surface area contributed by atoms with Gasteiger partial charge in [-0.2, -0.15) is 0 Å². The van der Waals surface area contributed by atoms with Gasteiger partial charge in [0.15, 0.2) is 11.0 Å². The summed E-state index contributed by atoms with van der Waals surface area (Å²) in [6.45, 7) is 0.643. The third-order valence-corrected chi connectivity index (χ3v) is 6.80. The second kappa shape index (κ2) is 11.3. The van der Waals surface area contributed by atoms with E-state index in [0.717, 1.165) is 38.5 Å². The molecule has 32 heavy (non-hydrogen) atoms. The van der Waals surface area contributed by atoms with Gasteiger partial charge in [-0.05, 0) is 43.4 Å². The van der Waals surface area contributed by atoms with Crippen LogP contribution in [-0.2, 0) is 11.2 Å². The molecular formula is C25H29FN4OS. The summed E-state index contributed by atoms with van der Waals surface area (Å²) in [5.74, 6) is 0.507. The van der Waals surface area contributed by atoms with E-state index in [1.54, 1.807) is 12.1 Å². The van der Waals surface area contributed by atoms with E-state index in [9.17, 15) is 9.18 Å². The van der Waals surface area contributed by atoms with Crippen molar-refractivity contribution in [2.45, 2.75) is 56.1 Å². The lowest BCUT2D eigenvalue weighted by atomic mass is 9.95. The largest absolute Gasteiger partial charge is 0.355 e. The lowest BCUT2D eigenvalue weighted by molar-refractivity contribution is -0.118. The molecule has 0 aliphatic heterocycles. The Morgan fingerprint density at radius 2 is 1.78 bits per heavy atom. The molecule has 168 valence electrons. The number of thioether (sulfide) groups is 1. The number of rotatable bonds is 9. The van der Waals surface area contributed by atoms with E-state index in [1.807, 2.05) is 24.3 Å². The third kappa shape index (κ3) is 5.76. The normalized spacial score (nSPS) is 14.4. The van der Waals surface area contributed by atoms with Crippen LogP contribution in [0.25, 0.3) is 11.4 Å². The summed E-state index contributed by atoms with van der Waals surface area (Å²) in [6.07, 6.45) is 7.41. The van der Waals surface area contributed by atoms with Gasteiger partial charge >= 0.3 is 0 Å². The average molecular weight is 453 g/mol. The maximum atomic E-state index is 14.5. The maximum absolute atomic E-state index is 14.5. The molecule has 0 unspecified atom stereocenters. The SMILES string of the molecule is O=C(CSc1nnc(-c2ccccc2F)n1C1CCCCC1)NCCCc1ccccc1. The van der Waals surface area contributed by atoms with Crippen molar-refractivity contribution in [3.8, 4) is 11.4 Å². The van der Waals surface area contributed by atoms with Crippen molar-refractivity contribution >= 4 is 17.7 Å². The molecule has 0 spiro atoms. The van der Waals surface area contributed by atoms with E-state index in [0.29, 0.717) is 23.1 Å². The third-order valence-electron chi connectivity index (χ3n) is 5.86. The van der Waals surface area contributed by atoms with Crippen LogP contribution in [0.5, 0.6) is 0 Å². The first kappa shape index (κ1) is 22.5. The van der Waals surface area contributed by atoms with Crippen LogP contribution in [0.15, 0.2) is 59.8 Å². The van der Waals surface area contributed by atoms with Crippen LogP contribution in [-0.4, -0.2) is 33.0 Å². The summed E-state index contributed by atoms with van der Waals surface area (Å²) in [7, 11) is 0. The number of carbonyl (C=O) groups excluding carboxylic acids is 1. The number of hydrogen-bond acceptors (Lipinski definition) is 4. The van der Waals surface area contributed by atoms with Crippen LogP contribution in [0.4, 0.5) is 4.39 Å². The van der Waals surface area contributed by atoms with Crippen molar-refractivity contribution in [3.63, 3.8) is 0 Å². The van der Waals surface area contributed by atoms with Crippen molar-refractivity contribution in [1.29, 1.82) is 0 Å². The van der Waals surface area contributed by atoms with Crippen molar-refractivity contribution in [1.82, 2.24) is 20.1 Å². The molecule has 1 aliphatic rings. The zero-order chi connectivity index (χ0) is 22.2. The molecule has 2 aromatic carbocycles. The first-order valence-corrected chi connectivity index (χ1v) is 12.3. The van der Waals surface area contributed by atoms with Crippen LogP contribution < -0.4 is 5.32 Å². The van der Waals surface area contributed by atoms with Gasteiger partial charge in [0.25, 0.3) is 0 Å². The Kier molecular flexibility index (Phi) is 7.93. The highest BCUT2D eigenvalue weighted by Gasteiger charge is 2.25. The second-order valence-electron chi connectivity index (χ2n) is 8.18. The zero-order valence-electron chi connectivity index (χ0n) is 18.2. The highest BCUT2D eigenvalue weighted by molar-refractivity contribution is 7.99. The number of aromatic nitrogens is 3. The minimum absolute atomic E-state index is 0.0197. The van der Waals surface area contributed by atoms with Gasteiger partial charge in [0.2, 0.25) is 5.91 Å². The quantitative estimate of drug-likeness (QED) is 0.347. The van der Waals surface area contributed by atoms with Crippen molar-refractivity contribution in [3.05, 3.63) is 66.0 Å². The van der Waals surface area contributed by atoms with Gasteiger partial charge < -0.3 is 5.32 Å². The van der Waals surface area contributed by atoms with Crippen LogP contribution >= 0.6 is 11.8 Å². The lowest BCUT2D eigenvalue weighted by Crippen LogP contribution is -2.26. The molecule has 1 N–H and O–H groups in total. The summed E-state index contributed by atoms with van der Waals surface area (Å²) in [4.78, 5) is 12.4. The molecule has 1 heterocycles. The molecular weight excluding hydrogens is 423 g/mol. The van der Waals surface area contributed by atoms with Crippen molar-refractivity contribution < 1.29 is 9.18 Å². The number of hydrogen-bond donors (Lipinski definition) is 1. The van der Waals surface area contributed by atoms with E-state index in [-0.39, 0.29) is 23.5 Å². The number of carbonyl (C=O) groups is 1. The Bertz CT molecular complexity index is 1020. The summed E-state index contributed by atoms with van der Waals surface area (Å²) in [6, 6.07) is 17.2. The fourth-order valence-corrected chi connectivity index (χ4v) is 5.05. The van der Waals surface area contributed by atoms with E-state index in [4.69, 9.17) is 0 Å². The molecule has 0 saturated heterocycles. The van der Waals surface area contributed by atoms with E-state index >= 15 is 0 Å². The second-order valence-corrected chi connectivity index (χ2v) is 9.12. The average Bonchev–Trinajstić information content (AvgIpc) is 3.26. The number of halogens is 1. The van der Waals surface area contributed by atoms with Crippen LogP contribution in [0.2, 0.25) is 0 Å². The zero-order valence-corrected chi connectivity index (χ0v) is 19.0. The van der Waals surface area contributed by atoms with Gasteiger partial charge in [0, 0.05) is 12.6 Å². The number of benzene rings is 2. The smallest absolute Gasteiger partial charge is 0.230 e. The Morgan fingerprint density at radius 3 is 2.56 bits per heavy atom. The molecule has 1 saturated carbocycles. The standard InChI is InChI=1S/C25H29FN4OS/c26-22-16-8-7-15-21(22)24-28-29-25(30(24)20-13-5-2-6-14-20)32-18-23(31)27-17-9-12-19-10-3-1-4-11-19/h1,3-4,7-8,10-11,15-16,20H,2,5-6,9,12-14,17-18H2,(H,27,31). The van der Waals surface area contributed by atoms with Gasteiger partial charge in [0.1, 0.15) is 5.82 Å². The lowest BCUT2D eigenvalue weighted by Gasteiger charge is -2.25. The molecule has 3 aromatic rings. The molecule has 0 bridgehead atoms. The molecule has 4 rings (SSSR count). The summed E-state index contributed by atoms with van der Waals surface area (Å²) in [5, 5.41) is 12.4. The number of amides is 1. The molecule has 0 atom stereocenters. The maximum Gasteiger partial charge on any atom is 0.230 e. The molecule has 1 aromatic heterocycles. The van der Waals surface area contributed by atoms with Crippen LogP contribution in [0, 0.1) is 5.82 Å². The number of aryl methyl sites for hydroxylation is 1. The fraction of sp³-hybridized carbons (Fsp3) is 0.400. The summed E-state index contributed by atoms with van der Waals surface area (Å²) in [5.41, 5.74) is 1.74. The monoisotopic (exact) mass is 452 g/mol. The van der Waals surface area contributed by atoms with Crippen molar-refractivity contribution in [2.75, 3.05) is 12.3 Å². The predicted octanol–water partition coefficient (Wildman–Crippen LogP) is 5.43. The Balaban J connectivity index is 1.38. The highest BCUT2D eigenvalue weighted by atomic mass is 32.2. The van der Waals surface area contributed by atoms with Crippen LogP contribution in [0.3, 0.4) is 0 Å². The molecule has 7 heteroatoms. The fourth-order valence-electron chi connectivity index (χ4n) is 4.22. The van der Waals surface area contributed by atoms with E-state index in [1.165, 1.54) is 29.8 Å². The molecule has 0 radical (unpaired) electrons. The minimum Gasteiger partial charge on any atom is -0.355 e. The first-order chi connectivity index (χ1) is 15.7. The number of nitrogens with zero attached hydrogens (tertiary/aromatic N) is 3. The molecule has 5 nitrogen and oxygen atoms in total. The van der Waals surface area contributed by atoms with Crippen LogP contribution in [0.1, 0.15) is 50.1 Å². The molecule has 1 aliphatic carbocycles. The van der Waals surface area contributed by atoms with Gasteiger partial charge in [-0.3, -0.25) is 9.36 Å². The Hall–Kier alpha value is -2.67. The molecule has 1 fully saturated rings. The summed E-state index contributed by atoms with van der Waals surface area (Å²) >= 11 is 1.38. The van der Waals surface area contributed by atoms with Gasteiger partial charge in [-0.25, -0.2) is 4.39 Å². The van der Waals surface area contributed by atoms with Gasteiger partial charge in [-0.15, -0.1) is 10.2 Å². The summed E-state index contributed by atoms with van der Waals surface area (Å²) < 4.78 is 16.5. The Morgan fingerprint density at radius 1 is 1.03 bits per heavy atom. The first-order valence-electron chi connectivity index (χ1n) is 11.4. The minimum atomic E-state index is -0.301. The topological polar surface area (TPSA) is 59.8 Å². The Labute approximate surface area is 192 Å². The number of nitrogens with one attached hydrogen (secondary N) is 1. The van der Waals surface area contributed by atoms with Gasteiger partial charge in [-0.1, -0.05) is 73.5 Å². The van der Waals surface area contributed by atoms with Gasteiger partial charge in [0.05, 0.1) is 11.3 Å². The predicted molar refractivity (Wildman–Crippen MR) is 126 cm³/mol.